The summed E-state index contributed by atoms with van der Waals surface area (Å²) in [5.41, 5.74) is 9.44. The molecule has 0 unspecified atom stereocenters. The van der Waals surface area contributed by atoms with Gasteiger partial charge in [-0.05, 0) is 60.1 Å². The van der Waals surface area contributed by atoms with Crippen molar-refractivity contribution in [3.8, 4) is 11.5 Å². The van der Waals surface area contributed by atoms with Crippen molar-refractivity contribution >= 4 is 5.97 Å². The zero-order valence-corrected chi connectivity index (χ0v) is 16.7. The summed E-state index contributed by atoms with van der Waals surface area (Å²) < 4.78 is 5.17. The molecular weight excluding hydrogens is 326 g/mol. The van der Waals surface area contributed by atoms with Gasteiger partial charge in [-0.25, -0.2) is 0 Å². The van der Waals surface area contributed by atoms with Crippen LogP contribution in [0.4, 0.5) is 0 Å². The maximum atomic E-state index is 11.1. The van der Waals surface area contributed by atoms with Crippen LogP contribution in [0.3, 0.4) is 0 Å². The second-order valence-electron chi connectivity index (χ2n) is 7.09. The highest BCUT2D eigenvalue weighted by molar-refractivity contribution is 5.74. The molecule has 0 fully saturated rings. The van der Waals surface area contributed by atoms with Gasteiger partial charge in [0.1, 0.15) is 11.5 Å². The Morgan fingerprint density at radius 3 is 1.92 bits per heavy atom. The number of hydrogen-bond donors (Lipinski definition) is 2. The molecule has 0 amide bonds. The minimum Gasteiger partial charge on any atom is -0.508 e. The topological polar surface area (TPSA) is 72.5 Å². The molecule has 142 valence electrons. The molecule has 0 spiro atoms. The molecule has 4 heteroatoms. The first-order chi connectivity index (χ1) is 12.1. The highest BCUT2D eigenvalue weighted by atomic mass is 16.5. The van der Waals surface area contributed by atoms with Crippen LogP contribution in [0.5, 0.6) is 11.5 Å². The quantitative estimate of drug-likeness (QED) is 0.608. The zero-order valence-electron chi connectivity index (χ0n) is 16.7. The molecule has 0 saturated carbocycles. The number of nitrogens with two attached hydrogens (primary N) is 1. The predicted molar refractivity (Wildman–Crippen MR) is 107 cm³/mol. The number of hydrogen-bond acceptors (Lipinski definition) is 4. The Balaban J connectivity index is 0.000000273. The molecule has 0 heterocycles. The van der Waals surface area contributed by atoms with Gasteiger partial charge in [0, 0.05) is 0 Å². The van der Waals surface area contributed by atoms with Gasteiger partial charge in [-0.1, -0.05) is 52.0 Å². The second-order valence-corrected chi connectivity index (χ2v) is 7.09. The molecular formula is C22H31NO3. The first kappa shape index (κ1) is 21.7. The van der Waals surface area contributed by atoms with Crippen molar-refractivity contribution in [3.05, 3.63) is 58.7 Å². The highest BCUT2D eigenvalue weighted by Gasteiger charge is 2.10. The van der Waals surface area contributed by atoms with E-state index in [-0.39, 0.29) is 6.54 Å². The fourth-order valence-corrected chi connectivity index (χ4v) is 2.51. The van der Waals surface area contributed by atoms with Crippen LogP contribution in [-0.2, 0) is 4.79 Å². The average molecular weight is 357 g/mol. The third kappa shape index (κ3) is 6.52. The minimum atomic E-state index is -0.400. The second kappa shape index (κ2) is 9.97. The lowest BCUT2D eigenvalue weighted by Crippen LogP contribution is -2.20. The van der Waals surface area contributed by atoms with Crippen LogP contribution in [0.2, 0.25) is 0 Å². The highest BCUT2D eigenvalue weighted by Crippen LogP contribution is 2.27. The van der Waals surface area contributed by atoms with Crippen molar-refractivity contribution in [2.45, 2.75) is 53.4 Å². The normalized spacial score (nSPS) is 10.5. The molecule has 0 aliphatic heterocycles. The molecule has 2 aromatic rings. The van der Waals surface area contributed by atoms with E-state index in [1.165, 1.54) is 0 Å². The summed E-state index contributed by atoms with van der Waals surface area (Å²) in [6, 6.07) is 11.7. The lowest BCUT2D eigenvalue weighted by Gasteiger charge is -2.12. The van der Waals surface area contributed by atoms with Crippen LogP contribution >= 0.6 is 0 Å². The number of esters is 1. The number of carbonyl (C=O) groups excluding carboxylic acids is 1. The summed E-state index contributed by atoms with van der Waals surface area (Å²) >= 11 is 0. The third-order valence-corrected chi connectivity index (χ3v) is 3.99. The maximum Gasteiger partial charge on any atom is 0.325 e. The molecule has 0 aliphatic carbocycles. The van der Waals surface area contributed by atoms with Crippen molar-refractivity contribution in [3.63, 3.8) is 0 Å². The van der Waals surface area contributed by atoms with E-state index in [9.17, 15) is 9.90 Å². The van der Waals surface area contributed by atoms with Crippen LogP contribution in [0, 0.1) is 13.8 Å². The first-order valence-electron chi connectivity index (χ1n) is 8.96. The standard InChI is InChI=1S/C12H17NO2.C10H14O/c1-8(2)10-5-4-9(3)6-11(10)15-12(14)7-13;1-7(2)9-5-4-8(3)6-10(9)11/h4-6,8H,7,13H2,1-3H3;4-7,11H,1-3H3. The third-order valence-electron chi connectivity index (χ3n) is 3.99. The van der Waals surface area contributed by atoms with E-state index in [0.29, 0.717) is 23.3 Å². The summed E-state index contributed by atoms with van der Waals surface area (Å²) in [5, 5.41) is 9.46. The van der Waals surface area contributed by atoms with Gasteiger partial charge >= 0.3 is 5.97 Å². The number of benzene rings is 2. The van der Waals surface area contributed by atoms with Gasteiger partial charge in [-0.15, -0.1) is 0 Å². The van der Waals surface area contributed by atoms with E-state index in [1.54, 1.807) is 6.07 Å². The number of aryl methyl sites for hydroxylation is 2. The summed E-state index contributed by atoms with van der Waals surface area (Å²) in [7, 11) is 0. The Bertz CT molecular complexity index is 736. The number of phenols is 1. The van der Waals surface area contributed by atoms with Gasteiger partial charge in [-0.3, -0.25) is 4.79 Å². The molecule has 0 aromatic heterocycles. The Kier molecular flexibility index (Phi) is 8.33. The average Bonchev–Trinajstić information content (AvgIpc) is 2.54. The van der Waals surface area contributed by atoms with Crippen molar-refractivity contribution in [1.29, 1.82) is 0 Å². The number of carbonyl (C=O) groups is 1. The van der Waals surface area contributed by atoms with Crippen molar-refractivity contribution in [2.24, 2.45) is 5.73 Å². The van der Waals surface area contributed by atoms with Gasteiger partial charge in [0.2, 0.25) is 0 Å². The molecule has 2 aromatic carbocycles. The van der Waals surface area contributed by atoms with E-state index in [0.717, 1.165) is 22.3 Å². The van der Waals surface area contributed by atoms with Crippen LogP contribution in [0.15, 0.2) is 36.4 Å². The Hall–Kier alpha value is -2.33. The predicted octanol–water partition coefficient (Wildman–Crippen LogP) is 4.81. The monoisotopic (exact) mass is 357 g/mol. The van der Waals surface area contributed by atoms with Gasteiger partial charge < -0.3 is 15.6 Å². The van der Waals surface area contributed by atoms with Gasteiger partial charge in [-0.2, -0.15) is 0 Å². The van der Waals surface area contributed by atoms with Crippen LogP contribution in [-0.4, -0.2) is 17.6 Å². The number of rotatable bonds is 4. The Labute approximate surface area is 157 Å². The summed E-state index contributed by atoms with van der Waals surface area (Å²) in [5.74, 6) is 1.37. The summed E-state index contributed by atoms with van der Waals surface area (Å²) in [6.07, 6.45) is 0. The minimum absolute atomic E-state index is 0.0918. The Morgan fingerprint density at radius 2 is 1.46 bits per heavy atom. The molecule has 0 saturated heterocycles. The van der Waals surface area contributed by atoms with E-state index in [2.05, 4.69) is 27.7 Å². The smallest absolute Gasteiger partial charge is 0.325 e. The first-order valence-corrected chi connectivity index (χ1v) is 8.96. The van der Waals surface area contributed by atoms with Crippen molar-refractivity contribution in [1.82, 2.24) is 0 Å². The molecule has 26 heavy (non-hydrogen) atoms. The van der Waals surface area contributed by atoms with Gasteiger partial charge in [0.15, 0.2) is 0 Å². The van der Waals surface area contributed by atoms with E-state index in [1.807, 2.05) is 44.2 Å². The van der Waals surface area contributed by atoms with Gasteiger partial charge in [0.05, 0.1) is 6.54 Å². The largest absolute Gasteiger partial charge is 0.508 e. The number of aromatic hydroxyl groups is 1. The molecule has 4 nitrogen and oxygen atoms in total. The fourth-order valence-electron chi connectivity index (χ4n) is 2.51. The van der Waals surface area contributed by atoms with Gasteiger partial charge in [0.25, 0.3) is 0 Å². The molecule has 0 aliphatic rings. The molecule has 0 bridgehead atoms. The van der Waals surface area contributed by atoms with E-state index >= 15 is 0 Å². The van der Waals surface area contributed by atoms with Crippen LogP contribution in [0.25, 0.3) is 0 Å². The lowest BCUT2D eigenvalue weighted by atomic mass is 10.0. The summed E-state index contributed by atoms with van der Waals surface area (Å²) in [4.78, 5) is 11.1. The van der Waals surface area contributed by atoms with Crippen LogP contribution in [0.1, 0.15) is 61.8 Å². The van der Waals surface area contributed by atoms with Crippen molar-refractivity contribution in [2.75, 3.05) is 6.54 Å². The Morgan fingerprint density at radius 1 is 0.962 bits per heavy atom. The molecule has 0 atom stereocenters. The maximum absolute atomic E-state index is 11.1. The number of phenolic OH excluding ortho intramolecular Hbond substituents is 1. The van der Waals surface area contributed by atoms with E-state index in [4.69, 9.17) is 10.5 Å². The SMILES string of the molecule is Cc1ccc(C(C)C)c(O)c1.Cc1ccc(C(C)C)c(OC(=O)CN)c1. The van der Waals surface area contributed by atoms with Crippen LogP contribution < -0.4 is 10.5 Å². The molecule has 2 rings (SSSR count). The fraction of sp³-hybridized carbons (Fsp3) is 0.409. The number of ether oxygens (including phenoxy) is 1. The summed E-state index contributed by atoms with van der Waals surface area (Å²) in [6.45, 7) is 12.1. The van der Waals surface area contributed by atoms with E-state index < -0.39 is 5.97 Å². The zero-order chi connectivity index (χ0) is 19.9. The van der Waals surface area contributed by atoms with Crippen molar-refractivity contribution < 1.29 is 14.6 Å². The molecule has 3 N–H and O–H groups in total. The lowest BCUT2D eigenvalue weighted by molar-refractivity contribution is -0.132. The molecule has 0 radical (unpaired) electrons.